The first-order valence-corrected chi connectivity index (χ1v) is 8.82. The second-order valence-electron chi connectivity index (χ2n) is 6.69. The summed E-state index contributed by atoms with van der Waals surface area (Å²) >= 11 is 0. The minimum atomic E-state index is 0.503. The third kappa shape index (κ3) is 5.01. The topological polar surface area (TPSA) is 24.5 Å². The van der Waals surface area contributed by atoms with Crippen LogP contribution in [0.5, 0.6) is 0 Å². The van der Waals surface area contributed by atoms with E-state index in [9.17, 15) is 0 Å². The monoisotopic (exact) mass is 282 g/mol. The molecule has 0 bridgehead atoms. The van der Waals surface area contributed by atoms with E-state index in [4.69, 9.17) is 4.74 Å². The SMILES string of the molecule is CCCNC(CN1CCC(OC)CC1)C1CCCCC1. The van der Waals surface area contributed by atoms with Gasteiger partial charge in [-0.25, -0.2) is 0 Å². The minimum absolute atomic E-state index is 0.503. The number of rotatable bonds is 7. The van der Waals surface area contributed by atoms with Gasteiger partial charge in [0.05, 0.1) is 6.10 Å². The van der Waals surface area contributed by atoms with Gasteiger partial charge in [0.2, 0.25) is 0 Å². The van der Waals surface area contributed by atoms with Crippen molar-refractivity contribution in [3.8, 4) is 0 Å². The minimum Gasteiger partial charge on any atom is -0.381 e. The first kappa shape index (κ1) is 16.3. The average Bonchev–Trinajstić information content (AvgIpc) is 2.53. The van der Waals surface area contributed by atoms with Crippen LogP contribution in [0.25, 0.3) is 0 Å². The van der Waals surface area contributed by atoms with Gasteiger partial charge in [-0.05, 0) is 44.6 Å². The summed E-state index contributed by atoms with van der Waals surface area (Å²) in [6.07, 6.45) is 11.4. The summed E-state index contributed by atoms with van der Waals surface area (Å²) < 4.78 is 5.48. The summed E-state index contributed by atoms with van der Waals surface area (Å²) in [5, 5.41) is 3.84. The lowest BCUT2D eigenvalue weighted by Gasteiger charge is -2.38. The Morgan fingerprint density at radius 2 is 1.80 bits per heavy atom. The first-order chi connectivity index (χ1) is 9.83. The zero-order chi connectivity index (χ0) is 14.2. The van der Waals surface area contributed by atoms with Crippen molar-refractivity contribution in [2.75, 3.05) is 33.3 Å². The molecule has 1 saturated carbocycles. The maximum Gasteiger partial charge on any atom is 0.0595 e. The fourth-order valence-electron chi connectivity index (χ4n) is 3.85. The molecule has 1 aliphatic heterocycles. The van der Waals surface area contributed by atoms with E-state index in [0.717, 1.165) is 5.92 Å². The number of nitrogens with one attached hydrogen (secondary N) is 1. The van der Waals surface area contributed by atoms with Gasteiger partial charge < -0.3 is 15.0 Å². The largest absolute Gasteiger partial charge is 0.381 e. The third-order valence-electron chi connectivity index (χ3n) is 5.20. The zero-order valence-electron chi connectivity index (χ0n) is 13.6. The Kier molecular flexibility index (Phi) is 7.32. The Balaban J connectivity index is 1.80. The van der Waals surface area contributed by atoms with Crippen LogP contribution in [-0.2, 0) is 4.74 Å². The van der Waals surface area contributed by atoms with E-state index in [0.29, 0.717) is 12.1 Å². The highest BCUT2D eigenvalue weighted by atomic mass is 16.5. The number of ether oxygens (including phenoxy) is 1. The van der Waals surface area contributed by atoms with Crippen LogP contribution in [0.4, 0.5) is 0 Å². The molecule has 0 aromatic carbocycles. The number of nitrogens with zero attached hydrogens (tertiary/aromatic N) is 1. The fourth-order valence-corrected chi connectivity index (χ4v) is 3.85. The molecule has 2 fully saturated rings. The average molecular weight is 282 g/mol. The van der Waals surface area contributed by atoms with E-state index in [1.807, 2.05) is 7.11 Å². The van der Waals surface area contributed by atoms with Crippen molar-refractivity contribution in [3.63, 3.8) is 0 Å². The number of hydrogen-bond donors (Lipinski definition) is 1. The van der Waals surface area contributed by atoms with Crippen LogP contribution in [-0.4, -0.2) is 50.3 Å². The molecular formula is C17H34N2O. The molecule has 20 heavy (non-hydrogen) atoms. The van der Waals surface area contributed by atoms with Crippen molar-refractivity contribution in [1.29, 1.82) is 0 Å². The van der Waals surface area contributed by atoms with Gasteiger partial charge in [0.25, 0.3) is 0 Å². The summed E-state index contributed by atoms with van der Waals surface area (Å²) in [5.74, 6) is 0.912. The van der Waals surface area contributed by atoms with E-state index >= 15 is 0 Å². The number of likely N-dealkylation sites (tertiary alicyclic amines) is 1. The quantitative estimate of drug-likeness (QED) is 0.777. The van der Waals surface area contributed by atoms with Gasteiger partial charge in [-0.1, -0.05) is 26.2 Å². The summed E-state index contributed by atoms with van der Waals surface area (Å²) in [7, 11) is 1.86. The van der Waals surface area contributed by atoms with E-state index in [1.165, 1.54) is 77.5 Å². The van der Waals surface area contributed by atoms with Crippen LogP contribution in [0, 0.1) is 5.92 Å². The predicted octanol–water partition coefficient (Wildman–Crippen LogP) is 3.05. The maximum atomic E-state index is 5.48. The Morgan fingerprint density at radius 3 is 2.40 bits per heavy atom. The van der Waals surface area contributed by atoms with Crippen LogP contribution in [0.2, 0.25) is 0 Å². The summed E-state index contributed by atoms with van der Waals surface area (Å²) in [6.45, 7) is 7.14. The van der Waals surface area contributed by atoms with Crippen LogP contribution in [0.1, 0.15) is 58.3 Å². The van der Waals surface area contributed by atoms with Gasteiger partial charge in [0, 0.05) is 32.8 Å². The summed E-state index contributed by atoms with van der Waals surface area (Å²) in [5.41, 5.74) is 0. The lowest BCUT2D eigenvalue weighted by atomic mass is 9.83. The normalized spacial score (nSPS) is 24.9. The molecule has 1 atom stereocenters. The van der Waals surface area contributed by atoms with Crippen LogP contribution >= 0.6 is 0 Å². The smallest absolute Gasteiger partial charge is 0.0595 e. The molecule has 0 spiro atoms. The first-order valence-electron chi connectivity index (χ1n) is 8.82. The summed E-state index contributed by atoms with van der Waals surface area (Å²) in [4.78, 5) is 2.66. The second-order valence-corrected chi connectivity index (χ2v) is 6.69. The molecule has 1 heterocycles. The molecule has 0 amide bonds. The van der Waals surface area contributed by atoms with Crippen LogP contribution in [0.15, 0.2) is 0 Å². The van der Waals surface area contributed by atoms with Crippen molar-refractivity contribution < 1.29 is 4.74 Å². The summed E-state index contributed by atoms with van der Waals surface area (Å²) in [6, 6.07) is 0.717. The highest BCUT2D eigenvalue weighted by molar-refractivity contribution is 4.84. The van der Waals surface area contributed by atoms with Gasteiger partial charge in [-0.15, -0.1) is 0 Å². The number of hydrogen-bond acceptors (Lipinski definition) is 3. The molecule has 0 aromatic rings. The molecule has 0 radical (unpaired) electrons. The third-order valence-corrected chi connectivity index (χ3v) is 5.20. The molecule has 1 aliphatic carbocycles. The Morgan fingerprint density at radius 1 is 1.10 bits per heavy atom. The lowest BCUT2D eigenvalue weighted by Crippen LogP contribution is -2.49. The fraction of sp³-hybridized carbons (Fsp3) is 1.00. The van der Waals surface area contributed by atoms with E-state index in [1.54, 1.807) is 0 Å². The van der Waals surface area contributed by atoms with Crippen LogP contribution < -0.4 is 5.32 Å². The van der Waals surface area contributed by atoms with Gasteiger partial charge in [-0.2, -0.15) is 0 Å². The van der Waals surface area contributed by atoms with Crippen molar-refractivity contribution in [3.05, 3.63) is 0 Å². The lowest BCUT2D eigenvalue weighted by molar-refractivity contribution is 0.0350. The Labute approximate surface area is 125 Å². The molecule has 1 unspecified atom stereocenters. The second kappa shape index (κ2) is 9.01. The van der Waals surface area contributed by atoms with Gasteiger partial charge >= 0.3 is 0 Å². The predicted molar refractivity (Wildman–Crippen MR) is 85.1 cm³/mol. The van der Waals surface area contributed by atoms with Crippen molar-refractivity contribution >= 4 is 0 Å². The van der Waals surface area contributed by atoms with E-state index in [2.05, 4.69) is 17.1 Å². The number of methoxy groups -OCH3 is 1. The van der Waals surface area contributed by atoms with Crippen molar-refractivity contribution in [2.24, 2.45) is 5.92 Å². The van der Waals surface area contributed by atoms with Crippen molar-refractivity contribution in [2.45, 2.75) is 70.4 Å². The molecule has 0 aromatic heterocycles. The maximum absolute atomic E-state index is 5.48. The number of piperidine rings is 1. The Hall–Kier alpha value is -0.120. The standard InChI is InChI=1S/C17H34N2O/c1-3-11-18-17(15-7-5-4-6-8-15)14-19-12-9-16(20-2)10-13-19/h15-18H,3-14H2,1-2H3. The molecule has 2 rings (SSSR count). The van der Waals surface area contributed by atoms with E-state index < -0.39 is 0 Å². The molecule has 3 heteroatoms. The van der Waals surface area contributed by atoms with Gasteiger partial charge in [-0.3, -0.25) is 0 Å². The van der Waals surface area contributed by atoms with Gasteiger partial charge in [0.15, 0.2) is 0 Å². The van der Waals surface area contributed by atoms with E-state index in [-0.39, 0.29) is 0 Å². The van der Waals surface area contributed by atoms with Crippen molar-refractivity contribution in [1.82, 2.24) is 10.2 Å². The zero-order valence-corrected chi connectivity index (χ0v) is 13.6. The molecular weight excluding hydrogens is 248 g/mol. The molecule has 1 N–H and O–H groups in total. The highest BCUT2D eigenvalue weighted by Gasteiger charge is 2.27. The molecule has 118 valence electrons. The molecule has 3 nitrogen and oxygen atoms in total. The van der Waals surface area contributed by atoms with Gasteiger partial charge in [0.1, 0.15) is 0 Å². The highest BCUT2D eigenvalue weighted by Crippen LogP contribution is 2.27. The molecule has 2 aliphatic rings. The van der Waals surface area contributed by atoms with Crippen LogP contribution in [0.3, 0.4) is 0 Å². The Bertz CT molecular complexity index is 245. The molecule has 1 saturated heterocycles.